The lowest BCUT2D eigenvalue weighted by molar-refractivity contribution is 0.0845. The minimum absolute atomic E-state index is 0.302. The average molecular weight is 306 g/mol. The zero-order valence-electron chi connectivity index (χ0n) is 10.4. The van der Waals surface area contributed by atoms with Crippen molar-refractivity contribution in [1.82, 2.24) is 9.90 Å². The molecule has 1 aromatic heterocycles. The van der Waals surface area contributed by atoms with E-state index in [9.17, 15) is 9.82 Å². The minimum Gasteiger partial charge on any atom is -0.427 e. The lowest BCUT2D eigenvalue weighted by atomic mass is 9.70. The maximum absolute atomic E-state index is 12.3. The summed E-state index contributed by atoms with van der Waals surface area (Å²) < 4.78 is 0. The molecule has 8 heteroatoms. The van der Waals surface area contributed by atoms with Gasteiger partial charge in [0.15, 0.2) is 5.01 Å². The van der Waals surface area contributed by atoms with E-state index >= 15 is 0 Å². The van der Waals surface area contributed by atoms with Crippen LogP contribution in [0.5, 0.6) is 0 Å². The average Bonchev–Trinajstić information content (AvgIpc) is 2.85. The van der Waals surface area contributed by atoms with Crippen molar-refractivity contribution in [2.45, 2.75) is 6.92 Å². The smallest absolute Gasteiger partial charge is 0.427 e. The van der Waals surface area contributed by atoms with Crippen molar-refractivity contribution in [3.05, 3.63) is 44.9 Å². The Morgan fingerprint density at radius 2 is 2.30 bits per heavy atom. The van der Waals surface area contributed by atoms with Crippen molar-refractivity contribution >= 4 is 47.6 Å². The van der Waals surface area contributed by atoms with E-state index in [0.29, 0.717) is 21.1 Å². The first-order valence-electron chi connectivity index (χ1n) is 5.84. The molecule has 1 aromatic carbocycles. The topological polar surface area (TPSA) is 65.8 Å². The highest BCUT2D eigenvalue weighted by atomic mass is 35.5. The van der Waals surface area contributed by atoms with Gasteiger partial charge >= 0.3 is 7.05 Å². The van der Waals surface area contributed by atoms with E-state index in [2.05, 4.69) is 10.1 Å². The molecule has 0 fully saturated rings. The molecule has 20 heavy (non-hydrogen) atoms. The Hall–Kier alpha value is -1.70. The quantitative estimate of drug-likeness (QED) is 0.807. The van der Waals surface area contributed by atoms with E-state index in [0.717, 1.165) is 9.80 Å². The second kappa shape index (κ2) is 5.01. The van der Waals surface area contributed by atoms with Gasteiger partial charge in [0.25, 0.3) is 5.91 Å². The molecule has 0 atom stereocenters. The van der Waals surface area contributed by atoms with Gasteiger partial charge in [-0.3, -0.25) is 4.79 Å². The minimum atomic E-state index is -1.14. The number of aromatic nitrogens is 1. The number of amides is 1. The first kappa shape index (κ1) is 13.3. The van der Waals surface area contributed by atoms with E-state index in [1.165, 1.54) is 17.6 Å². The number of hydrogen-bond acceptors (Lipinski definition) is 5. The second-order valence-electron chi connectivity index (χ2n) is 4.32. The van der Waals surface area contributed by atoms with E-state index in [1.54, 1.807) is 24.4 Å². The zero-order valence-corrected chi connectivity index (χ0v) is 12.0. The second-order valence-corrected chi connectivity index (χ2v) is 5.99. The molecule has 1 aliphatic rings. The number of hydrogen-bond donors (Lipinski definition) is 1. The van der Waals surface area contributed by atoms with E-state index in [-0.39, 0.29) is 0 Å². The van der Waals surface area contributed by atoms with Crippen molar-refractivity contribution < 1.29 is 9.82 Å². The molecule has 1 amide bonds. The van der Waals surface area contributed by atoms with E-state index in [1.807, 2.05) is 6.92 Å². The van der Waals surface area contributed by atoms with Crippen molar-refractivity contribution in [1.29, 1.82) is 0 Å². The fraction of sp³-hybridized carbons (Fsp3) is 0.0833. The Bertz CT molecular complexity index is 718. The Morgan fingerprint density at radius 3 is 3.00 bits per heavy atom. The van der Waals surface area contributed by atoms with Gasteiger partial charge in [-0.25, -0.2) is 9.90 Å². The number of halogens is 1. The van der Waals surface area contributed by atoms with E-state index < -0.39 is 13.0 Å². The van der Waals surface area contributed by atoms with Crippen LogP contribution in [0.15, 0.2) is 29.5 Å². The molecule has 5 nitrogen and oxygen atoms in total. The molecule has 0 saturated heterocycles. The molecule has 1 N–H and O–H groups in total. The summed E-state index contributed by atoms with van der Waals surface area (Å²) in [6, 6.07) is 5.04. The van der Waals surface area contributed by atoms with Gasteiger partial charge in [0.1, 0.15) is 0 Å². The number of rotatable bonds is 1. The molecule has 100 valence electrons. The van der Waals surface area contributed by atoms with Crippen LogP contribution in [0.3, 0.4) is 0 Å². The molecule has 0 aliphatic carbocycles. The molecule has 3 rings (SSSR count). The molecule has 0 saturated carbocycles. The molecule has 1 aliphatic heterocycles. The Morgan fingerprint density at radius 1 is 1.50 bits per heavy atom. The van der Waals surface area contributed by atoms with Crippen LogP contribution >= 0.6 is 22.9 Å². The highest BCUT2D eigenvalue weighted by Crippen LogP contribution is 2.17. The maximum Gasteiger partial charge on any atom is 0.474 e. The summed E-state index contributed by atoms with van der Waals surface area (Å²) in [4.78, 5) is 18.2. The van der Waals surface area contributed by atoms with Crippen molar-refractivity contribution in [2.24, 2.45) is 5.10 Å². The summed E-state index contributed by atoms with van der Waals surface area (Å²) in [6.07, 6.45) is 3.12. The number of carbonyl (C=O) groups is 1. The molecule has 0 bridgehead atoms. The maximum atomic E-state index is 12.3. The summed E-state index contributed by atoms with van der Waals surface area (Å²) in [5.74, 6) is -0.424. The number of benzene rings is 1. The van der Waals surface area contributed by atoms with Crippen LogP contribution in [0.1, 0.15) is 20.2 Å². The molecule has 0 unspecified atom stereocenters. The highest BCUT2D eigenvalue weighted by molar-refractivity contribution is 7.13. The Labute approximate surface area is 124 Å². The van der Waals surface area contributed by atoms with Gasteiger partial charge in [0, 0.05) is 16.1 Å². The Balaban J connectivity index is 1.95. The van der Waals surface area contributed by atoms with Gasteiger partial charge < -0.3 is 5.02 Å². The Kier molecular flexibility index (Phi) is 3.33. The summed E-state index contributed by atoms with van der Waals surface area (Å²) in [7, 11) is -1.14. The van der Waals surface area contributed by atoms with Crippen LogP contribution in [-0.2, 0) is 0 Å². The van der Waals surface area contributed by atoms with Gasteiger partial charge in [0.2, 0.25) is 0 Å². The van der Waals surface area contributed by atoms with Crippen molar-refractivity contribution in [2.75, 3.05) is 0 Å². The third-order valence-electron chi connectivity index (χ3n) is 2.89. The van der Waals surface area contributed by atoms with Crippen LogP contribution < -0.4 is 5.46 Å². The number of nitrogens with zero attached hydrogens (tertiary/aromatic N) is 3. The highest BCUT2D eigenvalue weighted by Gasteiger charge is 2.35. The molecule has 2 aromatic rings. The molecule has 0 radical (unpaired) electrons. The number of thiazole rings is 1. The molecule has 2 heterocycles. The van der Waals surface area contributed by atoms with Gasteiger partial charge in [-0.05, 0) is 30.1 Å². The van der Waals surface area contributed by atoms with Gasteiger partial charge in [-0.2, -0.15) is 5.10 Å². The van der Waals surface area contributed by atoms with E-state index in [4.69, 9.17) is 11.6 Å². The van der Waals surface area contributed by atoms with Crippen molar-refractivity contribution in [3.63, 3.8) is 0 Å². The zero-order chi connectivity index (χ0) is 14.3. The fourth-order valence-electron chi connectivity index (χ4n) is 1.93. The largest absolute Gasteiger partial charge is 0.474 e. The summed E-state index contributed by atoms with van der Waals surface area (Å²) in [5.41, 5.74) is 1.29. The first-order valence-corrected chi connectivity index (χ1v) is 7.03. The van der Waals surface area contributed by atoms with Crippen molar-refractivity contribution in [3.8, 4) is 0 Å². The normalized spacial score (nSPS) is 13.6. The predicted octanol–water partition coefficient (Wildman–Crippen LogP) is 1.28. The standard InChI is InChI=1S/C12H9BClN3O2S/c1-7-5-15-11(20-7)12(18)17-13(19)10-3-2-9(14)4-8(10)6-16-17/h2-6,19H,1H3. The lowest BCUT2D eigenvalue weighted by Gasteiger charge is -2.24. The number of fused-ring (bicyclic) bond motifs is 1. The third kappa shape index (κ3) is 2.24. The monoisotopic (exact) mass is 305 g/mol. The SMILES string of the molecule is Cc1cnc(C(=O)N2N=Cc3cc(Cl)ccc3B2O)s1. The van der Waals surface area contributed by atoms with Crippen LogP contribution in [0, 0.1) is 6.92 Å². The third-order valence-corrected chi connectivity index (χ3v) is 4.03. The van der Waals surface area contributed by atoms with Gasteiger partial charge in [-0.15, -0.1) is 11.3 Å². The number of aryl methyl sites for hydroxylation is 1. The van der Waals surface area contributed by atoms with Crippen LogP contribution in [0.4, 0.5) is 0 Å². The fourth-order valence-corrected chi connectivity index (χ4v) is 2.80. The van der Waals surface area contributed by atoms with Crippen LogP contribution in [-0.4, -0.2) is 34.1 Å². The van der Waals surface area contributed by atoms with Crippen LogP contribution in [0.25, 0.3) is 0 Å². The summed E-state index contributed by atoms with van der Waals surface area (Å²) >= 11 is 7.16. The summed E-state index contributed by atoms with van der Waals surface area (Å²) in [5, 5.41) is 15.1. The lowest BCUT2D eigenvalue weighted by Crippen LogP contribution is -2.52. The molecule has 0 spiro atoms. The van der Waals surface area contributed by atoms with Gasteiger partial charge in [0.05, 0.1) is 6.21 Å². The molecular formula is C12H9BClN3O2S. The van der Waals surface area contributed by atoms with Crippen LogP contribution in [0.2, 0.25) is 5.02 Å². The first-order chi connectivity index (χ1) is 9.56. The number of hydrazone groups is 1. The predicted molar refractivity (Wildman–Crippen MR) is 79.7 cm³/mol. The summed E-state index contributed by atoms with van der Waals surface area (Å²) in [6.45, 7) is 1.86. The van der Waals surface area contributed by atoms with Gasteiger partial charge in [-0.1, -0.05) is 17.7 Å². The molecular weight excluding hydrogens is 296 g/mol. The number of carbonyl (C=O) groups excluding carboxylic acids is 1.